The predicted octanol–water partition coefficient (Wildman–Crippen LogP) is 3.54. The van der Waals surface area contributed by atoms with Gasteiger partial charge in [-0.3, -0.25) is 4.79 Å². The van der Waals surface area contributed by atoms with Crippen molar-refractivity contribution in [1.82, 2.24) is 10.3 Å². The van der Waals surface area contributed by atoms with E-state index in [-0.39, 0.29) is 17.6 Å². The summed E-state index contributed by atoms with van der Waals surface area (Å²) in [7, 11) is 0. The largest absolute Gasteiger partial charge is 0.446 e. The molecule has 1 atom stereocenters. The van der Waals surface area contributed by atoms with E-state index in [4.69, 9.17) is 10.2 Å². The highest BCUT2D eigenvalue weighted by Gasteiger charge is 2.17. The Labute approximate surface area is 148 Å². The first-order valence-corrected chi connectivity index (χ1v) is 8.93. The van der Waals surface area contributed by atoms with E-state index in [0.29, 0.717) is 18.9 Å². The van der Waals surface area contributed by atoms with Crippen LogP contribution < -0.4 is 11.1 Å². The number of nitrogens with zero attached hydrogens (tertiary/aromatic N) is 1. The second kappa shape index (κ2) is 8.62. The number of nitrogens with two attached hydrogens (primary N) is 1. The minimum absolute atomic E-state index is 0.210. The van der Waals surface area contributed by atoms with Crippen molar-refractivity contribution < 1.29 is 9.21 Å². The maximum atomic E-state index is 12.2. The standard InChI is InChI=1S/C20H25N3O2/c21-17(13-16-9-5-2-6-10-16)20-23-18(14-25-20)19(24)22-12-11-15-7-3-1-4-8-15/h2,5-7,9-10,14,17H,1,3-4,8,11-13,21H2,(H,22,24). The lowest BCUT2D eigenvalue weighted by Crippen LogP contribution is -2.25. The molecule has 3 N–H and O–H groups in total. The molecule has 0 saturated carbocycles. The van der Waals surface area contributed by atoms with Crippen LogP contribution in [0.25, 0.3) is 0 Å². The van der Waals surface area contributed by atoms with Crippen LogP contribution in [0, 0.1) is 0 Å². The van der Waals surface area contributed by atoms with Crippen molar-refractivity contribution in [3.8, 4) is 0 Å². The summed E-state index contributed by atoms with van der Waals surface area (Å²) < 4.78 is 5.41. The number of carbonyl (C=O) groups is 1. The zero-order valence-electron chi connectivity index (χ0n) is 14.4. The van der Waals surface area contributed by atoms with Gasteiger partial charge in [0.25, 0.3) is 5.91 Å². The van der Waals surface area contributed by atoms with E-state index < -0.39 is 0 Å². The van der Waals surface area contributed by atoms with Crippen LogP contribution in [0.3, 0.4) is 0 Å². The maximum Gasteiger partial charge on any atom is 0.273 e. The molecule has 0 fully saturated rings. The normalized spacial score (nSPS) is 15.5. The van der Waals surface area contributed by atoms with Gasteiger partial charge in [0.05, 0.1) is 6.04 Å². The van der Waals surface area contributed by atoms with Crippen LogP contribution in [0.15, 0.2) is 52.7 Å². The van der Waals surface area contributed by atoms with Gasteiger partial charge in [0.15, 0.2) is 5.69 Å². The average Bonchev–Trinajstić information content (AvgIpc) is 3.14. The van der Waals surface area contributed by atoms with Crippen LogP contribution >= 0.6 is 0 Å². The van der Waals surface area contributed by atoms with Crippen molar-refractivity contribution >= 4 is 5.91 Å². The average molecular weight is 339 g/mol. The Morgan fingerprint density at radius 3 is 2.88 bits per heavy atom. The van der Waals surface area contributed by atoms with E-state index in [1.54, 1.807) is 0 Å². The molecular weight excluding hydrogens is 314 g/mol. The third-order valence-electron chi connectivity index (χ3n) is 4.49. The van der Waals surface area contributed by atoms with Crippen LogP contribution in [0.1, 0.15) is 60.1 Å². The first-order chi connectivity index (χ1) is 12.2. The Balaban J connectivity index is 1.49. The van der Waals surface area contributed by atoms with Crippen LogP contribution in [0.2, 0.25) is 0 Å². The van der Waals surface area contributed by atoms with Crippen molar-refractivity contribution in [2.45, 2.75) is 44.6 Å². The fourth-order valence-electron chi connectivity index (χ4n) is 3.08. The van der Waals surface area contributed by atoms with Crippen LogP contribution in [-0.4, -0.2) is 17.4 Å². The van der Waals surface area contributed by atoms with E-state index in [9.17, 15) is 4.79 Å². The molecular formula is C20H25N3O2. The van der Waals surface area contributed by atoms with Crippen LogP contribution in [-0.2, 0) is 6.42 Å². The predicted molar refractivity (Wildman–Crippen MR) is 97.1 cm³/mol. The summed E-state index contributed by atoms with van der Waals surface area (Å²) in [6, 6.07) is 9.56. The molecule has 25 heavy (non-hydrogen) atoms. The Kier molecular flexibility index (Phi) is 6.01. The summed E-state index contributed by atoms with van der Waals surface area (Å²) in [5.41, 5.74) is 8.98. The lowest BCUT2D eigenvalue weighted by atomic mass is 9.97. The van der Waals surface area contributed by atoms with E-state index in [1.807, 2.05) is 30.3 Å². The summed E-state index contributed by atoms with van der Waals surface area (Å²) >= 11 is 0. The third-order valence-corrected chi connectivity index (χ3v) is 4.49. The van der Waals surface area contributed by atoms with Gasteiger partial charge in [0.2, 0.25) is 5.89 Å². The van der Waals surface area contributed by atoms with Gasteiger partial charge >= 0.3 is 0 Å². The van der Waals surface area contributed by atoms with Crippen molar-refractivity contribution in [1.29, 1.82) is 0 Å². The van der Waals surface area contributed by atoms with E-state index in [2.05, 4.69) is 16.4 Å². The molecule has 1 amide bonds. The van der Waals surface area contributed by atoms with Gasteiger partial charge in [-0.15, -0.1) is 0 Å². The molecule has 5 heteroatoms. The summed E-state index contributed by atoms with van der Waals surface area (Å²) in [6.07, 6.45) is 10.1. The lowest BCUT2D eigenvalue weighted by Gasteiger charge is -2.12. The zero-order chi connectivity index (χ0) is 17.5. The van der Waals surface area contributed by atoms with Gasteiger partial charge in [-0.05, 0) is 44.1 Å². The van der Waals surface area contributed by atoms with Crippen LogP contribution in [0.5, 0.6) is 0 Å². The highest BCUT2D eigenvalue weighted by Crippen LogP contribution is 2.19. The number of carbonyl (C=O) groups excluding carboxylic acids is 1. The highest BCUT2D eigenvalue weighted by molar-refractivity contribution is 5.91. The Hall–Kier alpha value is -2.40. The SMILES string of the molecule is NC(Cc1ccccc1)c1nc(C(=O)NCCC2=CCCCC2)co1. The molecule has 1 aromatic carbocycles. The third kappa shape index (κ3) is 5.03. The summed E-state index contributed by atoms with van der Waals surface area (Å²) in [5, 5.41) is 2.91. The first-order valence-electron chi connectivity index (χ1n) is 8.93. The number of hydrogen-bond acceptors (Lipinski definition) is 4. The summed E-state index contributed by atoms with van der Waals surface area (Å²) in [5.74, 6) is 0.183. The van der Waals surface area contributed by atoms with Gasteiger partial charge < -0.3 is 15.5 Å². The second-order valence-corrected chi connectivity index (χ2v) is 6.48. The van der Waals surface area contributed by atoms with Gasteiger partial charge in [0, 0.05) is 6.54 Å². The second-order valence-electron chi connectivity index (χ2n) is 6.48. The van der Waals surface area contributed by atoms with Crippen molar-refractivity contribution in [2.24, 2.45) is 5.73 Å². The van der Waals surface area contributed by atoms with Crippen molar-refractivity contribution in [3.05, 3.63) is 65.4 Å². The first kappa shape index (κ1) is 17.4. The number of allylic oxidation sites excluding steroid dienone is 1. The molecule has 5 nitrogen and oxygen atoms in total. The topological polar surface area (TPSA) is 81.1 Å². The number of benzene rings is 1. The molecule has 1 aromatic heterocycles. The van der Waals surface area contributed by atoms with Crippen molar-refractivity contribution in [3.63, 3.8) is 0 Å². The maximum absolute atomic E-state index is 12.2. The number of hydrogen-bond donors (Lipinski definition) is 2. The smallest absolute Gasteiger partial charge is 0.273 e. The molecule has 0 radical (unpaired) electrons. The fraction of sp³-hybridized carbons (Fsp3) is 0.400. The molecule has 3 rings (SSSR count). The number of aromatic nitrogens is 1. The highest BCUT2D eigenvalue weighted by atomic mass is 16.3. The molecule has 0 aliphatic heterocycles. The van der Waals surface area contributed by atoms with Crippen LogP contribution in [0.4, 0.5) is 0 Å². The quantitative estimate of drug-likeness (QED) is 0.756. The molecule has 0 saturated heterocycles. The van der Waals surface area contributed by atoms with Crippen molar-refractivity contribution in [2.75, 3.05) is 6.54 Å². The zero-order valence-corrected chi connectivity index (χ0v) is 14.4. The molecule has 132 valence electrons. The minimum atomic E-state index is -0.364. The van der Waals surface area contributed by atoms with E-state index in [0.717, 1.165) is 24.8 Å². The van der Waals surface area contributed by atoms with Gasteiger partial charge in [-0.2, -0.15) is 0 Å². The molecule has 1 unspecified atom stereocenters. The summed E-state index contributed by atoms with van der Waals surface area (Å²) in [4.78, 5) is 16.4. The lowest BCUT2D eigenvalue weighted by molar-refractivity contribution is 0.0949. The minimum Gasteiger partial charge on any atom is -0.446 e. The Bertz CT molecular complexity index is 722. The summed E-state index contributed by atoms with van der Waals surface area (Å²) in [6.45, 7) is 0.628. The molecule has 0 bridgehead atoms. The van der Waals surface area contributed by atoms with E-state index >= 15 is 0 Å². The number of nitrogens with one attached hydrogen (secondary N) is 1. The molecule has 0 spiro atoms. The molecule has 2 aromatic rings. The fourth-order valence-corrected chi connectivity index (χ4v) is 3.08. The molecule has 1 aliphatic carbocycles. The van der Waals surface area contributed by atoms with Gasteiger partial charge in [0.1, 0.15) is 6.26 Å². The van der Waals surface area contributed by atoms with Gasteiger partial charge in [-0.1, -0.05) is 42.0 Å². The molecule has 1 aliphatic rings. The van der Waals surface area contributed by atoms with Gasteiger partial charge in [-0.25, -0.2) is 4.98 Å². The Morgan fingerprint density at radius 1 is 1.28 bits per heavy atom. The molecule has 1 heterocycles. The van der Waals surface area contributed by atoms with E-state index in [1.165, 1.54) is 24.7 Å². The number of rotatable bonds is 7. The Morgan fingerprint density at radius 2 is 2.12 bits per heavy atom. The monoisotopic (exact) mass is 339 g/mol. The number of oxazole rings is 1. The number of amides is 1.